The number of piperidine rings is 1. The van der Waals surface area contributed by atoms with E-state index in [-0.39, 0.29) is 24.0 Å². The number of carbonyl (C=O) groups is 2. The van der Waals surface area contributed by atoms with Crippen molar-refractivity contribution in [3.05, 3.63) is 84.9 Å². The molecular formula is C26H27N3O5S. The summed E-state index contributed by atoms with van der Waals surface area (Å²) in [6.45, 7) is 0.0903. The Morgan fingerprint density at radius 2 is 1.54 bits per heavy atom. The Kier molecular flexibility index (Phi) is 7.79. The highest BCUT2D eigenvalue weighted by Crippen LogP contribution is 2.27. The van der Waals surface area contributed by atoms with Crippen molar-refractivity contribution in [2.45, 2.75) is 30.2 Å². The van der Waals surface area contributed by atoms with Crippen molar-refractivity contribution in [2.75, 3.05) is 23.8 Å². The third kappa shape index (κ3) is 6.26. The highest BCUT2D eigenvalue weighted by molar-refractivity contribution is 7.89. The first-order valence-corrected chi connectivity index (χ1v) is 12.8. The van der Waals surface area contributed by atoms with Gasteiger partial charge in [-0.1, -0.05) is 48.9 Å². The van der Waals surface area contributed by atoms with Crippen LogP contribution in [0.1, 0.15) is 19.3 Å². The minimum absolute atomic E-state index is 0.170. The molecule has 0 aromatic heterocycles. The van der Waals surface area contributed by atoms with Gasteiger partial charge < -0.3 is 15.4 Å². The molecule has 1 fully saturated rings. The molecule has 1 heterocycles. The first-order valence-electron chi connectivity index (χ1n) is 11.4. The summed E-state index contributed by atoms with van der Waals surface area (Å²) in [4.78, 5) is 25.4. The number of rotatable bonds is 8. The SMILES string of the molecule is O=C(COc1cccc(NC(=O)C2CCCCN2S(=O)(=O)c2ccccc2)c1)Nc1ccccc1. The fourth-order valence-electron chi connectivity index (χ4n) is 3.94. The first kappa shape index (κ1) is 24.4. The van der Waals surface area contributed by atoms with Gasteiger partial charge in [0.25, 0.3) is 5.91 Å². The zero-order valence-corrected chi connectivity index (χ0v) is 19.9. The topological polar surface area (TPSA) is 105 Å². The number of hydrogen-bond donors (Lipinski definition) is 2. The molecule has 0 saturated carbocycles. The number of hydrogen-bond acceptors (Lipinski definition) is 5. The molecule has 0 aliphatic carbocycles. The van der Waals surface area contributed by atoms with Crippen molar-refractivity contribution >= 4 is 33.2 Å². The van der Waals surface area contributed by atoms with Crippen molar-refractivity contribution < 1.29 is 22.7 Å². The van der Waals surface area contributed by atoms with E-state index < -0.39 is 22.0 Å². The Hall–Kier alpha value is -3.69. The van der Waals surface area contributed by atoms with Crippen LogP contribution in [0.4, 0.5) is 11.4 Å². The van der Waals surface area contributed by atoms with E-state index in [1.54, 1.807) is 54.6 Å². The number of carbonyl (C=O) groups excluding carboxylic acids is 2. The van der Waals surface area contributed by atoms with Crippen LogP contribution in [0.25, 0.3) is 0 Å². The third-order valence-corrected chi connectivity index (χ3v) is 7.56. The summed E-state index contributed by atoms with van der Waals surface area (Å²) in [6.07, 6.45) is 1.90. The summed E-state index contributed by atoms with van der Waals surface area (Å²) >= 11 is 0. The Bertz CT molecular complexity index is 1270. The van der Waals surface area contributed by atoms with Gasteiger partial charge in [0.05, 0.1) is 4.90 Å². The molecule has 3 aromatic carbocycles. The van der Waals surface area contributed by atoms with E-state index in [1.165, 1.54) is 16.4 Å². The van der Waals surface area contributed by atoms with E-state index in [2.05, 4.69) is 10.6 Å². The lowest BCUT2D eigenvalue weighted by Crippen LogP contribution is -2.49. The quantitative estimate of drug-likeness (QED) is 0.495. The van der Waals surface area contributed by atoms with Crippen molar-refractivity contribution in [1.82, 2.24) is 4.31 Å². The van der Waals surface area contributed by atoms with E-state index in [0.29, 0.717) is 30.0 Å². The lowest BCUT2D eigenvalue weighted by atomic mass is 10.0. The molecule has 35 heavy (non-hydrogen) atoms. The van der Waals surface area contributed by atoms with Gasteiger partial charge in [0.15, 0.2) is 6.61 Å². The highest BCUT2D eigenvalue weighted by Gasteiger charge is 2.37. The summed E-state index contributed by atoms with van der Waals surface area (Å²) in [5, 5.41) is 5.55. The zero-order chi connectivity index (χ0) is 24.7. The van der Waals surface area contributed by atoms with E-state index in [9.17, 15) is 18.0 Å². The zero-order valence-electron chi connectivity index (χ0n) is 19.1. The Morgan fingerprint density at radius 1 is 0.857 bits per heavy atom. The summed E-state index contributed by atoms with van der Waals surface area (Å²) in [5.41, 5.74) is 1.13. The molecule has 1 atom stereocenters. The standard InChI is InChI=1S/C26H27N3O5S/c30-25(27-20-10-3-1-4-11-20)19-34-22-13-9-12-21(18-22)28-26(31)24-16-7-8-17-29(24)35(32,33)23-14-5-2-6-15-23/h1-6,9-15,18,24H,7-8,16-17,19H2,(H,27,30)(H,28,31). The average molecular weight is 494 g/mol. The minimum Gasteiger partial charge on any atom is -0.484 e. The molecule has 9 heteroatoms. The second-order valence-corrected chi connectivity index (χ2v) is 10.1. The van der Waals surface area contributed by atoms with Crippen molar-refractivity contribution in [2.24, 2.45) is 0 Å². The molecule has 2 N–H and O–H groups in total. The van der Waals surface area contributed by atoms with Crippen LogP contribution in [0.5, 0.6) is 5.75 Å². The van der Waals surface area contributed by atoms with Crippen molar-refractivity contribution in [3.63, 3.8) is 0 Å². The molecule has 4 rings (SSSR count). The summed E-state index contributed by atoms with van der Waals surface area (Å²) in [5.74, 6) is -0.304. The molecular weight excluding hydrogens is 466 g/mol. The van der Waals surface area contributed by atoms with Crippen LogP contribution in [-0.2, 0) is 19.6 Å². The monoisotopic (exact) mass is 493 g/mol. The molecule has 182 valence electrons. The van der Waals surface area contributed by atoms with Crippen LogP contribution in [0.3, 0.4) is 0 Å². The average Bonchev–Trinajstić information content (AvgIpc) is 2.89. The van der Waals surface area contributed by atoms with Crippen molar-refractivity contribution in [3.8, 4) is 5.75 Å². The van der Waals surface area contributed by atoms with Crippen LogP contribution in [0.15, 0.2) is 89.8 Å². The number of ether oxygens (including phenoxy) is 1. The summed E-state index contributed by atoms with van der Waals surface area (Å²) < 4.78 is 33.2. The largest absolute Gasteiger partial charge is 0.484 e. The van der Waals surface area contributed by atoms with Crippen LogP contribution in [0, 0.1) is 0 Å². The molecule has 0 spiro atoms. The van der Waals surface area contributed by atoms with Crippen molar-refractivity contribution in [1.29, 1.82) is 0 Å². The fourth-order valence-corrected chi connectivity index (χ4v) is 5.62. The molecule has 1 unspecified atom stereocenters. The number of para-hydroxylation sites is 1. The van der Waals surface area contributed by atoms with Crippen LogP contribution in [0.2, 0.25) is 0 Å². The first-order chi connectivity index (χ1) is 16.9. The lowest BCUT2D eigenvalue weighted by molar-refractivity contribution is -0.120. The molecule has 8 nitrogen and oxygen atoms in total. The number of nitrogens with zero attached hydrogens (tertiary/aromatic N) is 1. The second-order valence-electron chi connectivity index (χ2n) is 8.16. The normalized spacial score (nSPS) is 16.3. The van der Waals surface area contributed by atoms with Gasteiger partial charge in [-0.25, -0.2) is 8.42 Å². The lowest BCUT2D eigenvalue weighted by Gasteiger charge is -2.33. The Labute approximate surface area is 205 Å². The van der Waals surface area contributed by atoms with Gasteiger partial charge in [-0.05, 0) is 49.2 Å². The second kappa shape index (κ2) is 11.2. The van der Waals surface area contributed by atoms with E-state index in [0.717, 1.165) is 6.42 Å². The molecule has 3 aromatic rings. The molecule has 2 amide bonds. The molecule has 1 saturated heterocycles. The van der Waals surface area contributed by atoms with Gasteiger partial charge in [-0.15, -0.1) is 0 Å². The van der Waals surface area contributed by atoms with Crippen LogP contribution in [-0.4, -0.2) is 43.7 Å². The molecule has 1 aliphatic rings. The minimum atomic E-state index is -3.80. The molecule has 0 radical (unpaired) electrons. The predicted molar refractivity (Wildman–Crippen MR) is 134 cm³/mol. The summed E-state index contributed by atoms with van der Waals surface area (Å²) in [7, 11) is -3.80. The maximum Gasteiger partial charge on any atom is 0.262 e. The fraction of sp³-hybridized carbons (Fsp3) is 0.231. The highest BCUT2D eigenvalue weighted by atomic mass is 32.2. The van der Waals surface area contributed by atoms with E-state index in [1.807, 2.05) is 18.2 Å². The number of sulfonamides is 1. The smallest absolute Gasteiger partial charge is 0.262 e. The van der Waals surface area contributed by atoms with E-state index >= 15 is 0 Å². The maximum atomic E-state index is 13.2. The number of benzene rings is 3. The van der Waals surface area contributed by atoms with Gasteiger partial charge in [0.1, 0.15) is 11.8 Å². The van der Waals surface area contributed by atoms with Gasteiger partial charge in [-0.2, -0.15) is 4.31 Å². The maximum absolute atomic E-state index is 13.2. The number of amides is 2. The molecule has 1 aliphatic heterocycles. The summed E-state index contributed by atoms with van der Waals surface area (Å²) in [6, 6.07) is 23.1. The van der Waals surface area contributed by atoms with Gasteiger partial charge in [-0.3, -0.25) is 9.59 Å². The van der Waals surface area contributed by atoms with Crippen LogP contribution < -0.4 is 15.4 Å². The molecule has 0 bridgehead atoms. The van der Waals surface area contributed by atoms with Crippen LogP contribution >= 0.6 is 0 Å². The Balaban J connectivity index is 1.40. The number of nitrogens with one attached hydrogen (secondary N) is 2. The van der Waals surface area contributed by atoms with Gasteiger partial charge in [0, 0.05) is 24.0 Å². The predicted octanol–water partition coefficient (Wildman–Crippen LogP) is 3.89. The number of anilines is 2. The van der Waals surface area contributed by atoms with Gasteiger partial charge >= 0.3 is 0 Å². The Morgan fingerprint density at radius 3 is 2.29 bits per heavy atom. The van der Waals surface area contributed by atoms with Gasteiger partial charge in [0.2, 0.25) is 15.9 Å². The van der Waals surface area contributed by atoms with E-state index in [4.69, 9.17) is 4.74 Å². The third-order valence-electron chi connectivity index (χ3n) is 5.64.